The van der Waals surface area contributed by atoms with Gasteiger partial charge in [-0.25, -0.2) is 9.78 Å². The summed E-state index contributed by atoms with van der Waals surface area (Å²) in [6.45, 7) is 2.57. The highest BCUT2D eigenvalue weighted by Crippen LogP contribution is 2.19. The molecule has 0 aliphatic heterocycles. The van der Waals surface area contributed by atoms with Crippen LogP contribution in [0.2, 0.25) is 0 Å². The molecular weight excluding hydrogens is 244 g/mol. The summed E-state index contributed by atoms with van der Waals surface area (Å²) in [5.41, 5.74) is 0.927. The first-order chi connectivity index (χ1) is 9.11. The van der Waals surface area contributed by atoms with Crippen LogP contribution in [0.25, 0.3) is 10.9 Å². The molecule has 1 aromatic heterocycles. The molecule has 0 spiro atoms. The standard InChI is InChI=1S/C14H16N2O3/c1-9(8-19-2)15-13-7-6-10-11(14(17)18)4-3-5-12(10)16-13/h3-7,9H,8H2,1-2H3,(H,15,16)(H,17,18). The number of hydrogen-bond donors (Lipinski definition) is 2. The van der Waals surface area contributed by atoms with E-state index in [1.165, 1.54) is 0 Å². The van der Waals surface area contributed by atoms with Gasteiger partial charge in [-0.15, -0.1) is 0 Å². The van der Waals surface area contributed by atoms with Crippen molar-refractivity contribution in [3.63, 3.8) is 0 Å². The molecule has 5 nitrogen and oxygen atoms in total. The topological polar surface area (TPSA) is 71.5 Å². The van der Waals surface area contributed by atoms with Gasteiger partial charge in [0, 0.05) is 18.5 Å². The van der Waals surface area contributed by atoms with Crippen molar-refractivity contribution in [2.24, 2.45) is 0 Å². The first-order valence-electron chi connectivity index (χ1n) is 6.00. The molecule has 2 N–H and O–H groups in total. The number of aromatic carboxylic acids is 1. The molecular formula is C14H16N2O3. The molecule has 0 bridgehead atoms. The molecule has 0 aliphatic carbocycles. The number of aromatic nitrogens is 1. The van der Waals surface area contributed by atoms with Crippen molar-refractivity contribution in [2.45, 2.75) is 13.0 Å². The second kappa shape index (κ2) is 5.67. The zero-order valence-corrected chi connectivity index (χ0v) is 10.9. The van der Waals surface area contributed by atoms with Gasteiger partial charge in [0.1, 0.15) is 5.82 Å². The fourth-order valence-electron chi connectivity index (χ4n) is 1.97. The Labute approximate surface area is 111 Å². The second-order valence-electron chi connectivity index (χ2n) is 4.37. The zero-order valence-electron chi connectivity index (χ0n) is 10.9. The highest BCUT2D eigenvalue weighted by Gasteiger charge is 2.09. The molecule has 19 heavy (non-hydrogen) atoms. The van der Waals surface area contributed by atoms with Gasteiger partial charge in [-0.05, 0) is 31.2 Å². The summed E-state index contributed by atoms with van der Waals surface area (Å²) >= 11 is 0. The summed E-state index contributed by atoms with van der Waals surface area (Å²) in [6.07, 6.45) is 0. The average Bonchev–Trinajstić information content (AvgIpc) is 2.37. The maximum atomic E-state index is 11.1. The fourth-order valence-corrected chi connectivity index (χ4v) is 1.97. The van der Waals surface area contributed by atoms with E-state index in [1.807, 2.05) is 6.92 Å². The van der Waals surface area contributed by atoms with E-state index in [1.54, 1.807) is 37.4 Å². The number of rotatable bonds is 5. The van der Waals surface area contributed by atoms with Crippen molar-refractivity contribution in [3.05, 3.63) is 35.9 Å². The Morgan fingerprint density at radius 1 is 1.42 bits per heavy atom. The lowest BCUT2D eigenvalue weighted by Crippen LogP contribution is -2.21. The van der Waals surface area contributed by atoms with E-state index in [0.29, 0.717) is 23.3 Å². The SMILES string of the molecule is COCC(C)Nc1ccc2c(C(=O)O)cccc2n1. The van der Waals surface area contributed by atoms with Crippen molar-refractivity contribution in [2.75, 3.05) is 19.0 Å². The summed E-state index contributed by atoms with van der Waals surface area (Å²) in [5.74, 6) is -0.236. The molecule has 1 heterocycles. The van der Waals surface area contributed by atoms with Crippen LogP contribution in [0.5, 0.6) is 0 Å². The van der Waals surface area contributed by atoms with Crippen molar-refractivity contribution >= 4 is 22.7 Å². The predicted molar refractivity (Wildman–Crippen MR) is 73.7 cm³/mol. The van der Waals surface area contributed by atoms with Crippen LogP contribution in [0.15, 0.2) is 30.3 Å². The number of nitrogens with one attached hydrogen (secondary N) is 1. The van der Waals surface area contributed by atoms with Crippen molar-refractivity contribution in [1.29, 1.82) is 0 Å². The summed E-state index contributed by atoms with van der Waals surface area (Å²) in [7, 11) is 1.64. The van der Waals surface area contributed by atoms with E-state index >= 15 is 0 Å². The lowest BCUT2D eigenvalue weighted by atomic mass is 10.1. The van der Waals surface area contributed by atoms with Gasteiger partial charge in [0.2, 0.25) is 0 Å². The Morgan fingerprint density at radius 2 is 2.21 bits per heavy atom. The summed E-state index contributed by atoms with van der Waals surface area (Å²) in [4.78, 5) is 15.5. The van der Waals surface area contributed by atoms with Gasteiger partial charge in [-0.1, -0.05) is 6.07 Å². The van der Waals surface area contributed by atoms with E-state index in [0.717, 1.165) is 0 Å². The van der Waals surface area contributed by atoms with Gasteiger partial charge in [-0.3, -0.25) is 0 Å². The van der Waals surface area contributed by atoms with Gasteiger partial charge < -0.3 is 15.2 Å². The Kier molecular flexibility index (Phi) is 3.97. The molecule has 0 radical (unpaired) electrons. The average molecular weight is 260 g/mol. The van der Waals surface area contributed by atoms with Crippen LogP contribution >= 0.6 is 0 Å². The molecule has 2 rings (SSSR count). The normalized spacial score (nSPS) is 12.3. The number of fused-ring (bicyclic) bond motifs is 1. The van der Waals surface area contributed by atoms with Crippen molar-refractivity contribution < 1.29 is 14.6 Å². The Bertz CT molecular complexity index is 598. The molecule has 2 aromatic rings. The lowest BCUT2D eigenvalue weighted by molar-refractivity contribution is 0.0699. The maximum Gasteiger partial charge on any atom is 0.336 e. The van der Waals surface area contributed by atoms with E-state index in [9.17, 15) is 4.79 Å². The van der Waals surface area contributed by atoms with Crippen LogP contribution < -0.4 is 5.32 Å². The van der Waals surface area contributed by atoms with Crippen LogP contribution in [0, 0.1) is 0 Å². The van der Waals surface area contributed by atoms with E-state index in [4.69, 9.17) is 9.84 Å². The largest absolute Gasteiger partial charge is 0.478 e. The fraction of sp³-hybridized carbons (Fsp3) is 0.286. The quantitative estimate of drug-likeness (QED) is 0.863. The van der Waals surface area contributed by atoms with Crippen LogP contribution in [-0.4, -0.2) is 35.8 Å². The number of carboxylic acids is 1. The summed E-state index contributed by atoms with van der Waals surface area (Å²) < 4.78 is 5.05. The van der Waals surface area contributed by atoms with E-state index in [2.05, 4.69) is 10.3 Å². The zero-order chi connectivity index (χ0) is 13.8. The molecule has 1 atom stereocenters. The number of carboxylic acid groups (broad SMARTS) is 1. The first kappa shape index (κ1) is 13.3. The predicted octanol–water partition coefficient (Wildman–Crippen LogP) is 2.38. The maximum absolute atomic E-state index is 11.1. The number of nitrogens with zero attached hydrogens (tertiary/aromatic N) is 1. The Hall–Kier alpha value is -2.14. The second-order valence-corrected chi connectivity index (χ2v) is 4.37. The van der Waals surface area contributed by atoms with Gasteiger partial charge >= 0.3 is 5.97 Å². The number of anilines is 1. The highest BCUT2D eigenvalue weighted by molar-refractivity contribution is 6.02. The Morgan fingerprint density at radius 3 is 2.89 bits per heavy atom. The van der Waals surface area contributed by atoms with Crippen LogP contribution in [-0.2, 0) is 4.74 Å². The minimum Gasteiger partial charge on any atom is -0.478 e. The smallest absolute Gasteiger partial charge is 0.336 e. The first-order valence-corrected chi connectivity index (χ1v) is 6.00. The minimum absolute atomic E-state index is 0.137. The lowest BCUT2D eigenvalue weighted by Gasteiger charge is -2.14. The van der Waals surface area contributed by atoms with Gasteiger partial charge in [0.15, 0.2) is 0 Å². The van der Waals surface area contributed by atoms with Crippen LogP contribution in [0.3, 0.4) is 0 Å². The molecule has 0 saturated carbocycles. The van der Waals surface area contributed by atoms with Crippen LogP contribution in [0.4, 0.5) is 5.82 Å². The third-order valence-electron chi connectivity index (χ3n) is 2.77. The van der Waals surface area contributed by atoms with Gasteiger partial charge in [-0.2, -0.15) is 0 Å². The van der Waals surface area contributed by atoms with E-state index in [-0.39, 0.29) is 11.6 Å². The third kappa shape index (κ3) is 3.00. The number of benzene rings is 1. The molecule has 0 aliphatic rings. The summed E-state index contributed by atoms with van der Waals surface area (Å²) in [5, 5.41) is 12.9. The summed E-state index contributed by atoms with van der Waals surface area (Å²) in [6, 6.07) is 8.76. The van der Waals surface area contributed by atoms with Crippen molar-refractivity contribution in [3.8, 4) is 0 Å². The van der Waals surface area contributed by atoms with Gasteiger partial charge in [0.05, 0.1) is 17.7 Å². The number of ether oxygens (including phenoxy) is 1. The van der Waals surface area contributed by atoms with Crippen LogP contribution in [0.1, 0.15) is 17.3 Å². The number of methoxy groups -OCH3 is 1. The van der Waals surface area contributed by atoms with Crippen molar-refractivity contribution in [1.82, 2.24) is 4.98 Å². The molecule has 1 aromatic carbocycles. The Balaban J connectivity index is 2.34. The highest BCUT2D eigenvalue weighted by atomic mass is 16.5. The molecule has 0 saturated heterocycles. The molecule has 100 valence electrons. The minimum atomic E-state index is -0.944. The molecule has 0 amide bonds. The van der Waals surface area contributed by atoms with Gasteiger partial charge in [0.25, 0.3) is 0 Å². The number of hydrogen-bond acceptors (Lipinski definition) is 4. The third-order valence-corrected chi connectivity index (χ3v) is 2.77. The monoisotopic (exact) mass is 260 g/mol. The van der Waals surface area contributed by atoms with E-state index < -0.39 is 5.97 Å². The number of pyridine rings is 1. The molecule has 0 fully saturated rings. The number of carbonyl (C=O) groups is 1. The molecule has 1 unspecified atom stereocenters. The molecule has 5 heteroatoms.